The van der Waals surface area contributed by atoms with Crippen LogP contribution in [0, 0.1) is 24.0 Å². The van der Waals surface area contributed by atoms with E-state index in [2.05, 4.69) is 5.32 Å². The molecule has 0 aliphatic heterocycles. The zero-order valence-corrected chi connectivity index (χ0v) is 15.9. The molecule has 0 bridgehead atoms. The van der Waals surface area contributed by atoms with E-state index >= 15 is 0 Å². The molecule has 9 nitrogen and oxygen atoms in total. The zero-order valence-electron chi connectivity index (χ0n) is 15.9. The number of benzene rings is 1. The number of nitrogens with one attached hydrogen (secondary N) is 1. The number of carbonyl (C=O) groups is 2. The van der Waals surface area contributed by atoms with Gasteiger partial charge in [-0.15, -0.1) is 0 Å². The molecule has 2 heterocycles. The third-order valence-electron chi connectivity index (χ3n) is 4.40. The van der Waals surface area contributed by atoms with Gasteiger partial charge in [0.05, 0.1) is 23.3 Å². The maximum absolute atomic E-state index is 12.4. The third-order valence-corrected chi connectivity index (χ3v) is 4.40. The van der Waals surface area contributed by atoms with Gasteiger partial charge in [0.25, 0.3) is 11.6 Å². The van der Waals surface area contributed by atoms with E-state index in [0.717, 1.165) is 11.5 Å². The number of nitrogens with zero attached hydrogens (tertiary/aromatic N) is 2. The van der Waals surface area contributed by atoms with Crippen molar-refractivity contribution in [3.8, 4) is 0 Å². The molecule has 3 aromatic rings. The minimum atomic E-state index is -0.669. The lowest BCUT2D eigenvalue weighted by Crippen LogP contribution is -2.21. The minimum Gasteiger partial charge on any atom is -0.467 e. The first kappa shape index (κ1) is 19.9. The van der Waals surface area contributed by atoms with Gasteiger partial charge in [0.1, 0.15) is 11.4 Å². The molecule has 1 N–H and O–H groups in total. The molecular weight excluding hydrogens is 378 g/mol. The molecule has 3 rings (SSSR count). The highest BCUT2D eigenvalue weighted by Gasteiger charge is 2.20. The molecule has 0 atom stereocenters. The fourth-order valence-corrected chi connectivity index (χ4v) is 2.94. The van der Waals surface area contributed by atoms with Gasteiger partial charge >= 0.3 is 5.97 Å². The van der Waals surface area contributed by atoms with E-state index in [1.807, 2.05) is 17.6 Å². The summed E-state index contributed by atoms with van der Waals surface area (Å²) in [5, 5.41) is 13.4. The lowest BCUT2D eigenvalue weighted by Gasteiger charge is -2.09. The highest BCUT2D eigenvalue weighted by molar-refractivity contribution is 5.97. The topological polar surface area (TPSA) is 117 Å². The Morgan fingerprint density at radius 1 is 1.21 bits per heavy atom. The number of amides is 1. The predicted octanol–water partition coefficient (Wildman–Crippen LogP) is 3.45. The van der Waals surface area contributed by atoms with Crippen molar-refractivity contribution in [2.24, 2.45) is 0 Å². The molecule has 0 fully saturated rings. The number of furan rings is 1. The molecule has 0 aliphatic carbocycles. The first-order valence-electron chi connectivity index (χ1n) is 8.76. The van der Waals surface area contributed by atoms with E-state index in [4.69, 9.17) is 9.15 Å². The molecule has 0 saturated carbocycles. The third kappa shape index (κ3) is 4.52. The van der Waals surface area contributed by atoms with Gasteiger partial charge in [-0.1, -0.05) is 12.1 Å². The molecular formula is C20H19N3O6. The second-order valence-corrected chi connectivity index (χ2v) is 6.35. The normalized spacial score (nSPS) is 10.6. The van der Waals surface area contributed by atoms with Crippen molar-refractivity contribution in [2.75, 3.05) is 11.9 Å². The summed E-state index contributed by atoms with van der Waals surface area (Å²) in [5.74, 6) is -0.575. The van der Waals surface area contributed by atoms with Crippen molar-refractivity contribution in [1.82, 2.24) is 4.57 Å². The molecule has 9 heteroatoms. The van der Waals surface area contributed by atoms with Crippen LogP contribution in [-0.4, -0.2) is 28.0 Å². The monoisotopic (exact) mass is 397 g/mol. The van der Waals surface area contributed by atoms with Gasteiger partial charge in [-0.2, -0.15) is 0 Å². The van der Waals surface area contributed by atoms with Crippen molar-refractivity contribution >= 4 is 23.3 Å². The van der Waals surface area contributed by atoms with E-state index in [9.17, 15) is 19.7 Å². The van der Waals surface area contributed by atoms with Crippen molar-refractivity contribution in [2.45, 2.75) is 20.4 Å². The fourth-order valence-electron chi connectivity index (χ4n) is 2.94. The Hall–Kier alpha value is -3.88. The summed E-state index contributed by atoms with van der Waals surface area (Å²) < 4.78 is 12.3. The SMILES string of the molecule is Cc1cc(C(=O)OCC(=O)Nc2ccccc2[N+](=O)[O-])c(C)n1Cc1ccco1. The quantitative estimate of drug-likeness (QED) is 0.371. The summed E-state index contributed by atoms with van der Waals surface area (Å²) in [7, 11) is 0. The molecule has 0 aliphatic rings. The Bertz CT molecular complexity index is 1050. The lowest BCUT2D eigenvalue weighted by atomic mass is 10.2. The Morgan fingerprint density at radius 3 is 2.66 bits per heavy atom. The van der Waals surface area contributed by atoms with Gasteiger partial charge in [-0.25, -0.2) is 4.79 Å². The predicted molar refractivity (Wildman–Crippen MR) is 104 cm³/mol. The van der Waals surface area contributed by atoms with Crippen LogP contribution < -0.4 is 5.32 Å². The number of aryl methyl sites for hydroxylation is 1. The van der Waals surface area contributed by atoms with Crippen LogP contribution in [0.5, 0.6) is 0 Å². The number of aromatic nitrogens is 1. The number of ether oxygens (including phenoxy) is 1. The maximum atomic E-state index is 12.4. The van der Waals surface area contributed by atoms with Crippen LogP contribution >= 0.6 is 0 Å². The van der Waals surface area contributed by atoms with E-state index in [-0.39, 0.29) is 11.4 Å². The Morgan fingerprint density at radius 2 is 1.97 bits per heavy atom. The van der Waals surface area contributed by atoms with Crippen molar-refractivity contribution in [3.05, 3.63) is 81.6 Å². The summed E-state index contributed by atoms with van der Waals surface area (Å²) in [6.07, 6.45) is 1.58. The number of para-hydroxylation sites is 2. The Labute approximate surface area is 166 Å². The molecule has 1 amide bonds. The van der Waals surface area contributed by atoms with Crippen molar-refractivity contribution < 1.29 is 23.7 Å². The molecule has 0 spiro atoms. The summed E-state index contributed by atoms with van der Waals surface area (Å²) in [6, 6.07) is 11.0. The number of carbonyl (C=O) groups excluding carboxylic acids is 2. The second kappa shape index (κ2) is 8.42. The van der Waals surface area contributed by atoms with E-state index in [1.54, 1.807) is 31.4 Å². The Kier molecular flexibility index (Phi) is 5.77. The largest absolute Gasteiger partial charge is 0.467 e. The molecule has 2 aromatic heterocycles. The maximum Gasteiger partial charge on any atom is 0.340 e. The van der Waals surface area contributed by atoms with Gasteiger partial charge in [0, 0.05) is 17.5 Å². The molecule has 0 unspecified atom stereocenters. The number of anilines is 1. The highest BCUT2D eigenvalue weighted by atomic mass is 16.6. The summed E-state index contributed by atoms with van der Waals surface area (Å²) in [5.41, 5.74) is 1.66. The molecule has 0 radical (unpaired) electrons. The van der Waals surface area contributed by atoms with E-state index < -0.39 is 23.4 Å². The number of esters is 1. The summed E-state index contributed by atoms with van der Waals surface area (Å²) >= 11 is 0. The van der Waals surface area contributed by atoms with Crippen molar-refractivity contribution in [3.63, 3.8) is 0 Å². The van der Waals surface area contributed by atoms with Crippen LogP contribution in [0.3, 0.4) is 0 Å². The first-order chi connectivity index (χ1) is 13.9. The highest BCUT2D eigenvalue weighted by Crippen LogP contribution is 2.23. The zero-order chi connectivity index (χ0) is 21.0. The van der Waals surface area contributed by atoms with Crippen LogP contribution in [0.15, 0.2) is 53.1 Å². The van der Waals surface area contributed by atoms with E-state index in [0.29, 0.717) is 17.8 Å². The number of hydrogen-bond donors (Lipinski definition) is 1. The molecule has 150 valence electrons. The van der Waals surface area contributed by atoms with Crippen LogP contribution in [0.4, 0.5) is 11.4 Å². The number of nitro groups is 1. The average molecular weight is 397 g/mol. The first-order valence-corrected chi connectivity index (χ1v) is 8.76. The van der Waals surface area contributed by atoms with E-state index in [1.165, 1.54) is 18.2 Å². The lowest BCUT2D eigenvalue weighted by molar-refractivity contribution is -0.383. The number of nitro benzene ring substituents is 1. The summed E-state index contributed by atoms with van der Waals surface area (Å²) in [6.45, 7) is 3.54. The average Bonchev–Trinajstić information content (AvgIpc) is 3.30. The standard InChI is InChI=1S/C20H19N3O6/c1-13-10-16(14(2)22(13)11-15-6-5-9-28-15)20(25)29-12-19(24)21-17-7-3-4-8-18(17)23(26)27/h3-10H,11-12H2,1-2H3,(H,21,24). The minimum absolute atomic E-state index is 0.0372. The number of rotatable bonds is 7. The summed E-state index contributed by atoms with van der Waals surface area (Å²) in [4.78, 5) is 34.9. The van der Waals surface area contributed by atoms with Crippen molar-refractivity contribution in [1.29, 1.82) is 0 Å². The molecule has 0 saturated heterocycles. The number of hydrogen-bond acceptors (Lipinski definition) is 6. The van der Waals surface area contributed by atoms with Gasteiger partial charge < -0.3 is 19.0 Å². The van der Waals surface area contributed by atoms with Crippen LogP contribution in [0.25, 0.3) is 0 Å². The smallest absolute Gasteiger partial charge is 0.340 e. The molecule has 29 heavy (non-hydrogen) atoms. The van der Waals surface area contributed by atoms with Gasteiger partial charge in [0.15, 0.2) is 6.61 Å². The Balaban J connectivity index is 1.64. The van der Waals surface area contributed by atoms with Gasteiger partial charge in [-0.05, 0) is 38.1 Å². The fraction of sp³-hybridized carbons (Fsp3) is 0.200. The van der Waals surface area contributed by atoms with Crippen LogP contribution in [0.1, 0.15) is 27.5 Å². The van der Waals surface area contributed by atoms with Crippen LogP contribution in [0.2, 0.25) is 0 Å². The second-order valence-electron chi connectivity index (χ2n) is 6.35. The van der Waals surface area contributed by atoms with Gasteiger partial charge in [0.2, 0.25) is 0 Å². The van der Waals surface area contributed by atoms with Crippen LogP contribution in [-0.2, 0) is 16.1 Å². The molecule has 1 aromatic carbocycles. The van der Waals surface area contributed by atoms with Gasteiger partial charge in [-0.3, -0.25) is 14.9 Å².